The zero-order valence-electron chi connectivity index (χ0n) is 20.1. The van der Waals surface area contributed by atoms with Crippen LogP contribution < -0.4 is 22.3 Å². The molecule has 2 aliphatic heterocycles. The van der Waals surface area contributed by atoms with Crippen LogP contribution in [0, 0.1) is 0 Å². The predicted molar refractivity (Wildman–Crippen MR) is 125 cm³/mol. The van der Waals surface area contributed by atoms with Gasteiger partial charge in [0.15, 0.2) is 23.2 Å². The zero-order valence-corrected chi connectivity index (χ0v) is 20.1. The molecule has 2 aromatic rings. The summed E-state index contributed by atoms with van der Waals surface area (Å²) in [5.41, 5.74) is 4.72. The van der Waals surface area contributed by atoms with Gasteiger partial charge in [0.1, 0.15) is 24.9 Å². The molecule has 14 nitrogen and oxygen atoms in total. The first-order valence-corrected chi connectivity index (χ1v) is 11.2. The van der Waals surface area contributed by atoms with E-state index < -0.39 is 47.7 Å². The Morgan fingerprint density at radius 2 is 2.09 bits per heavy atom. The third-order valence-electron chi connectivity index (χ3n) is 5.90. The van der Waals surface area contributed by atoms with Crippen molar-refractivity contribution in [1.82, 2.24) is 29.3 Å². The lowest BCUT2D eigenvalue weighted by Crippen LogP contribution is -2.37. The van der Waals surface area contributed by atoms with Crippen LogP contribution in [0.25, 0.3) is 11.2 Å². The lowest BCUT2D eigenvalue weighted by Gasteiger charge is -2.25. The molecule has 4 N–H and O–H groups in total. The number of nitrogens with two attached hydrogens (primary N) is 1. The van der Waals surface area contributed by atoms with Crippen LogP contribution in [0.15, 0.2) is 22.2 Å². The second-order valence-corrected chi connectivity index (χ2v) is 8.91. The number of ether oxygens (including phenoxy) is 4. The average molecular weight is 494 g/mol. The number of aromatic nitrogens is 4. The Hall–Kier alpha value is -3.20. The minimum Gasteiger partial charge on any atom is -0.447 e. The SMILES string of the molecule is C=CCn1c(=O)n([C@@H]2O[C@H](COC(=O)N(C)CCNC)[C@H]3OC(C)(C)O[C@H]32)c2nc(N)[nH]c(=O)c21. The Labute approximate surface area is 200 Å². The summed E-state index contributed by atoms with van der Waals surface area (Å²) in [7, 11) is 3.41. The maximum atomic E-state index is 13.4. The third-order valence-corrected chi connectivity index (χ3v) is 5.90. The van der Waals surface area contributed by atoms with E-state index in [1.165, 1.54) is 20.1 Å². The van der Waals surface area contributed by atoms with Crippen LogP contribution in [0.1, 0.15) is 20.1 Å². The second-order valence-electron chi connectivity index (χ2n) is 8.91. The number of aromatic amines is 1. The number of nitrogens with zero attached hydrogens (tertiary/aromatic N) is 4. The first-order valence-electron chi connectivity index (χ1n) is 11.2. The number of hydrogen-bond donors (Lipinski definition) is 3. The molecule has 0 saturated carbocycles. The van der Waals surface area contributed by atoms with Crippen molar-refractivity contribution in [2.45, 2.75) is 50.7 Å². The predicted octanol–water partition coefficient (Wildman–Crippen LogP) is -0.640. The van der Waals surface area contributed by atoms with Crippen LogP contribution in [-0.4, -0.2) is 88.0 Å². The molecular weight excluding hydrogens is 462 g/mol. The van der Waals surface area contributed by atoms with Crippen LogP contribution in [0.3, 0.4) is 0 Å². The normalized spacial score (nSPS) is 25.0. The van der Waals surface area contributed by atoms with Gasteiger partial charge in [0, 0.05) is 26.7 Å². The minimum atomic E-state index is -1.01. The van der Waals surface area contributed by atoms with Gasteiger partial charge < -0.3 is 34.9 Å². The van der Waals surface area contributed by atoms with Gasteiger partial charge in [0.05, 0.1) is 0 Å². The Morgan fingerprint density at radius 3 is 2.77 bits per heavy atom. The van der Waals surface area contributed by atoms with Gasteiger partial charge >= 0.3 is 11.8 Å². The van der Waals surface area contributed by atoms with Crippen LogP contribution in [-0.2, 0) is 25.5 Å². The number of carbonyl (C=O) groups is 1. The molecule has 2 saturated heterocycles. The van der Waals surface area contributed by atoms with E-state index in [0.29, 0.717) is 13.1 Å². The molecule has 192 valence electrons. The van der Waals surface area contributed by atoms with Crippen molar-refractivity contribution in [2.24, 2.45) is 0 Å². The number of nitrogens with one attached hydrogen (secondary N) is 2. The Balaban J connectivity index is 1.69. The van der Waals surface area contributed by atoms with Crippen LogP contribution in [0.4, 0.5) is 10.7 Å². The number of imidazole rings is 1. The monoisotopic (exact) mass is 493 g/mol. The fraction of sp³-hybridized carbons (Fsp3) is 0.619. The molecule has 0 radical (unpaired) electrons. The number of rotatable bonds is 8. The van der Waals surface area contributed by atoms with Gasteiger partial charge in [-0.25, -0.2) is 14.2 Å². The summed E-state index contributed by atoms with van der Waals surface area (Å²) in [6.07, 6.45) is -2.17. The molecule has 35 heavy (non-hydrogen) atoms. The highest BCUT2D eigenvalue weighted by Gasteiger charge is 2.57. The average Bonchev–Trinajstić information content (AvgIpc) is 3.37. The Kier molecular flexibility index (Phi) is 6.73. The number of fused-ring (bicyclic) bond motifs is 2. The maximum Gasteiger partial charge on any atom is 0.409 e. The van der Waals surface area contributed by atoms with E-state index in [-0.39, 0.29) is 30.3 Å². The molecule has 2 fully saturated rings. The fourth-order valence-electron chi connectivity index (χ4n) is 4.36. The molecule has 4 heterocycles. The van der Waals surface area contributed by atoms with E-state index in [0.717, 1.165) is 0 Å². The smallest absolute Gasteiger partial charge is 0.409 e. The molecule has 14 heteroatoms. The van der Waals surface area contributed by atoms with Crippen LogP contribution in [0.2, 0.25) is 0 Å². The molecule has 0 bridgehead atoms. The van der Waals surface area contributed by atoms with E-state index in [2.05, 4.69) is 21.9 Å². The van der Waals surface area contributed by atoms with Crippen molar-refractivity contribution in [3.8, 4) is 0 Å². The number of allylic oxidation sites excluding steroid dienone is 1. The molecule has 2 aromatic heterocycles. The molecule has 2 aliphatic rings. The number of amides is 1. The summed E-state index contributed by atoms with van der Waals surface area (Å²) >= 11 is 0. The lowest BCUT2D eigenvalue weighted by atomic mass is 10.1. The van der Waals surface area contributed by atoms with Crippen molar-refractivity contribution in [1.29, 1.82) is 0 Å². The number of H-pyrrole nitrogens is 1. The minimum absolute atomic E-state index is 0.0310. The largest absolute Gasteiger partial charge is 0.447 e. The fourth-order valence-corrected chi connectivity index (χ4v) is 4.36. The van der Waals surface area contributed by atoms with Gasteiger partial charge in [0.25, 0.3) is 5.56 Å². The highest BCUT2D eigenvalue weighted by molar-refractivity contribution is 5.72. The summed E-state index contributed by atoms with van der Waals surface area (Å²) in [5, 5.41) is 2.96. The summed E-state index contributed by atoms with van der Waals surface area (Å²) in [6.45, 7) is 8.14. The third kappa shape index (κ3) is 4.57. The number of anilines is 1. The number of hydrogen-bond acceptors (Lipinski definition) is 10. The van der Waals surface area contributed by atoms with Gasteiger partial charge in [-0.2, -0.15) is 4.98 Å². The highest BCUT2D eigenvalue weighted by Crippen LogP contribution is 2.43. The molecule has 4 atom stereocenters. The van der Waals surface area contributed by atoms with Crippen molar-refractivity contribution < 1.29 is 23.7 Å². The van der Waals surface area contributed by atoms with Crippen molar-refractivity contribution in [3.05, 3.63) is 33.5 Å². The van der Waals surface area contributed by atoms with Gasteiger partial charge in [-0.1, -0.05) is 6.08 Å². The maximum absolute atomic E-state index is 13.4. The van der Waals surface area contributed by atoms with Gasteiger partial charge in [-0.15, -0.1) is 6.58 Å². The number of nitrogen functional groups attached to an aromatic ring is 1. The number of likely N-dealkylation sites (N-methyl/N-ethyl adjacent to an activating group) is 2. The molecule has 0 aliphatic carbocycles. The molecule has 4 rings (SSSR count). The van der Waals surface area contributed by atoms with Crippen molar-refractivity contribution in [2.75, 3.05) is 39.5 Å². The van der Waals surface area contributed by atoms with E-state index in [1.807, 2.05) is 0 Å². The molecule has 0 spiro atoms. The highest BCUT2D eigenvalue weighted by atomic mass is 16.8. The summed E-state index contributed by atoms with van der Waals surface area (Å²) in [4.78, 5) is 46.5. The van der Waals surface area contributed by atoms with E-state index in [1.54, 1.807) is 27.9 Å². The van der Waals surface area contributed by atoms with Gasteiger partial charge in [0.2, 0.25) is 5.95 Å². The quantitative estimate of drug-likeness (QED) is 0.402. The zero-order chi connectivity index (χ0) is 25.5. The Bertz CT molecular complexity index is 1230. The summed E-state index contributed by atoms with van der Waals surface area (Å²) in [6, 6.07) is 0. The van der Waals surface area contributed by atoms with Gasteiger partial charge in [-0.3, -0.25) is 14.3 Å². The van der Waals surface area contributed by atoms with Crippen LogP contribution >= 0.6 is 0 Å². The van der Waals surface area contributed by atoms with Crippen LogP contribution in [0.5, 0.6) is 0 Å². The van der Waals surface area contributed by atoms with Crippen molar-refractivity contribution >= 4 is 23.2 Å². The standard InChI is InChI=1S/C21H31N7O7/c1-6-8-27-12-15(24-18(22)25-16(12)29)28(19(27)30)17-14-13(34-21(2,3)35-14)11(33-17)10-32-20(31)26(5)9-7-23-4/h6,11,13-14,17,23H,1,7-10H2,2-5H3,(H3,22,24,25,29)/t11-,13-,14-,17-/m1/s1. The summed E-state index contributed by atoms with van der Waals surface area (Å²) < 4.78 is 26.2. The van der Waals surface area contributed by atoms with Crippen molar-refractivity contribution in [3.63, 3.8) is 0 Å². The first-order chi connectivity index (χ1) is 16.6. The van der Waals surface area contributed by atoms with E-state index in [9.17, 15) is 14.4 Å². The molecule has 0 unspecified atom stereocenters. The van der Waals surface area contributed by atoms with Gasteiger partial charge in [-0.05, 0) is 20.9 Å². The summed E-state index contributed by atoms with van der Waals surface area (Å²) in [5.74, 6) is -1.13. The van der Waals surface area contributed by atoms with E-state index >= 15 is 0 Å². The molecular formula is C21H31N7O7. The first kappa shape index (κ1) is 24.9. The lowest BCUT2D eigenvalue weighted by molar-refractivity contribution is -0.200. The second kappa shape index (κ2) is 9.45. The molecule has 1 amide bonds. The Morgan fingerprint density at radius 1 is 1.37 bits per heavy atom. The number of carbonyl (C=O) groups excluding carboxylic acids is 1. The van der Waals surface area contributed by atoms with E-state index in [4.69, 9.17) is 24.7 Å². The topological polar surface area (TPSA) is 168 Å². The molecule has 0 aromatic carbocycles.